The SMILES string of the molecule is O=C1CCCC2=CCCC1C2. The van der Waals surface area contributed by atoms with E-state index < -0.39 is 0 Å². The molecule has 1 heteroatoms. The number of fused-ring (bicyclic) bond motifs is 2. The van der Waals surface area contributed by atoms with Crippen LogP contribution in [0.2, 0.25) is 0 Å². The first-order valence-electron chi connectivity index (χ1n) is 4.57. The summed E-state index contributed by atoms with van der Waals surface area (Å²) < 4.78 is 0. The zero-order valence-corrected chi connectivity index (χ0v) is 6.81. The maximum Gasteiger partial charge on any atom is 0.136 e. The Kier molecular flexibility index (Phi) is 1.80. The van der Waals surface area contributed by atoms with Gasteiger partial charge in [0.2, 0.25) is 0 Å². The van der Waals surface area contributed by atoms with Crippen LogP contribution in [0.15, 0.2) is 11.6 Å². The van der Waals surface area contributed by atoms with Gasteiger partial charge in [-0.05, 0) is 32.1 Å². The topological polar surface area (TPSA) is 17.1 Å². The van der Waals surface area contributed by atoms with Gasteiger partial charge in [-0.3, -0.25) is 4.79 Å². The Labute approximate surface area is 67.5 Å². The van der Waals surface area contributed by atoms with Gasteiger partial charge in [0.05, 0.1) is 0 Å². The number of ketones is 1. The van der Waals surface area contributed by atoms with Crippen LogP contribution in [-0.4, -0.2) is 5.78 Å². The minimum atomic E-state index is 0.400. The van der Waals surface area contributed by atoms with Gasteiger partial charge in [0.15, 0.2) is 0 Å². The summed E-state index contributed by atoms with van der Waals surface area (Å²) in [6.45, 7) is 0. The normalized spacial score (nSPS) is 31.1. The van der Waals surface area contributed by atoms with Crippen molar-refractivity contribution in [2.45, 2.75) is 38.5 Å². The summed E-state index contributed by atoms with van der Waals surface area (Å²) in [5.41, 5.74) is 1.55. The molecule has 0 aromatic rings. The monoisotopic (exact) mass is 150 g/mol. The van der Waals surface area contributed by atoms with Crippen molar-refractivity contribution >= 4 is 5.78 Å². The minimum absolute atomic E-state index is 0.400. The second kappa shape index (κ2) is 2.80. The fourth-order valence-electron chi connectivity index (χ4n) is 2.16. The van der Waals surface area contributed by atoms with E-state index in [4.69, 9.17) is 0 Å². The van der Waals surface area contributed by atoms with Crippen LogP contribution < -0.4 is 0 Å². The molecule has 0 aliphatic heterocycles. The van der Waals surface area contributed by atoms with Crippen LogP contribution in [-0.2, 0) is 4.79 Å². The third-order valence-corrected chi connectivity index (χ3v) is 2.83. The predicted molar refractivity (Wildman–Crippen MR) is 44.3 cm³/mol. The average Bonchev–Trinajstić information content (AvgIpc) is 2.14. The van der Waals surface area contributed by atoms with Crippen LogP contribution in [0.1, 0.15) is 38.5 Å². The van der Waals surface area contributed by atoms with Gasteiger partial charge in [0.1, 0.15) is 5.78 Å². The molecule has 11 heavy (non-hydrogen) atoms. The van der Waals surface area contributed by atoms with Gasteiger partial charge < -0.3 is 0 Å². The summed E-state index contributed by atoms with van der Waals surface area (Å²) in [5, 5.41) is 0. The number of carbonyl (C=O) groups excluding carboxylic acids is 1. The van der Waals surface area contributed by atoms with Gasteiger partial charge in [-0.25, -0.2) is 0 Å². The molecular weight excluding hydrogens is 136 g/mol. The van der Waals surface area contributed by atoms with Crippen molar-refractivity contribution in [3.63, 3.8) is 0 Å². The van der Waals surface area contributed by atoms with E-state index in [1.165, 1.54) is 6.42 Å². The first kappa shape index (κ1) is 7.08. The molecule has 2 aliphatic carbocycles. The fourth-order valence-corrected chi connectivity index (χ4v) is 2.16. The van der Waals surface area contributed by atoms with Crippen LogP contribution >= 0.6 is 0 Å². The van der Waals surface area contributed by atoms with Crippen LogP contribution in [0.4, 0.5) is 0 Å². The highest BCUT2D eigenvalue weighted by atomic mass is 16.1. The maximum absolute atomic E-state index is 11.4. The number of Topliss-reactive ketones (excluding diaryl/α,β-unsaturated/α-hetero) is 1. The van der Waals surface area contributed by atoms with Crippen molar-refractivity contribution in [1.82, 2.24) is 0 Å². The van der Waals surface area contributed by atoms with Gasteiger partial charge in [0, 0.05) is 12.3 Å². The number of hydrogen-bond acceptors (Lipinski definition) is 1. The molecule has 0 aromatic carbocycles. The lowest BCUT2D eigenvalue weighted by molar-refractivity contribution is -0.122. The smallest absolute Gasteiger partial charge is 0.136 e. The van der Waals surface area contributed by atoms with Gasteiger partial charge in [-0.2, -0.15) is 0 Å². The zero-order valence-electron chi connectivity index (χ0n) is 6.81. The lowest BCUT2D eigenvalue weighted by atomic mass is 9.87. The van der Waals surface area contributed by atoms with Crippen LogP contribution in [0.3, 0.4) is 0 Å². The van der Waals surface area contributed by atoms with Gasteiger partial charge in [-0.15, -0.1) is 0 Å². The molecule has 0 N–H and O–H groups in total. The lowest BCUT2D eigenvalue weighted by Gasteiger charge is -2.17. The quantitative estimate of drug-likeness (QED) is 0.485. The Bertz CT molecular complexity index is 203. The Morgan fingerprint density at radius 3 is 3.18 bits per heavy atom. The Hall–Kier alpha value is -0.590. The van der Waals surface area contributed by atoms with Crippen molar-refractivity contribution in [2.24, 2.45) is 5.92 Å². The predicted octanol–water partition coefficient (Wildman–Crippen LogP) is 2.47. The van der Waals surface area contributed by atoms with E-state index in [2.05, 4.69) is 6.08 Å². The molecule has 1 unspecified atom stereocenters. The molecule has 2 aliphatic rings. The van der Waals surface area contributed by atoms with E-state index in [1.807, 2.05) is 0 Å². The van der Waals surface area contributed by atoms with Crippen molar-refractivity contribution in [3.05, 3.63) is 11.6 Å². The highest BCUT2D eigenvalue weighted by molar-refractivity contribution is 5.81. The van der Waals surface area contributed by atoms with Gasteiger partial charge in [0.25, 0.3) is 0 Å². The van der Waals surface area contributed by atoms with E-state index in [0.717, 1.165) is 32.1 Å². The van der Waals surface area contributed by atoms with Crippen LogP contribution in [0.25, 0.3) is 0 Å². The summed E-state index contributed by atoms with van der Waals surface area (Å²) in [4.78, 5) is 11.4. The fraction of sp³-hybridized carbons (Fsp3) is 0.700. The second-order valence-corrected chi connectivity index (χ2v) is 3.66. The molecule has 0 heterocycles. The van der Waals surface area contributed by atoms with E-state index >= 15 is 0 Å². The minimum Gasteiger partial charge on any atom is -0.299 e. The average molecular weight is 150 g/mol. The van der Waals surface area contributed by atoms with E-state index in [9.17, 15) is 4.79 Å². The van der Waals surface area contributed by atoms with E-state index in [-0.39, 0.29) is 0 Å². The molecular formula is C10H14O. The lowest BCUT2D eigenvalue weighted by Crippen LogP contribution is -2.14. The molecule has 60 valence electrons. The number of carbonyl (C=O) groups is 1. The zero-order chi connectivity index (χ0) is 7.68. The third kappa shape index (κ3) is 1.37. The molecule has 0 amide bonds. The highest BCUT2D eigenvalue weighted by Crippen LogP contribution is 2.32. The van der Waals surface area contributed by atoms with Crippen molar-refractivity contribution < 1.29 is 4.79 Å². The van der Waals surface area contributed by atoms with Crippen molar-refractivity contribution in [2.75, 3.05) is 0 Å². The van der Waals surface area contributed by atoms with Gasteiger partial charge in [-0.1, -0.05) is 11.6 Å². The molecule has 1 fully saturated rings. The van der Waals surface area contributed by atoms with E-state index in [1.54, 1.807) is 5.57 Å². The first-order valence-corrected chi connectivity index (χ1v) is 4.57. The first-order chi connectivity index (χ1) is 5.36. The maximum atomic E-state index is 11.4. The van der Waals surface area contributed by atoms with E-state index in [0.29, 0.717) is 11.7 Å². The summed E-state index contributed by atoms with van der Waals surface area (Å²) in [5.74, 6) is 0.922. The molecule has 0 spiro atoms. The Morgan fingerprint density at radius 1 is 1.36 bits per heavy atom. The molecule has 2 rings (SSSR count). The Balaban J connectivity index is 2.19. The third-order valence-electron chi connectivity index (χ3n) is 2.83. The van der Waals surface area contributed by atoms with Crippen LogP contribution in [0.5, 0.6) is 0 Å². The summed E-state index contributed by atoms with van der Waals surface area (Å²) in [7, 11) is 0. The van der Waals surface area contributed by atoms with Crippen molar-refractivity contribution in [3.8, 4) is 0 Å². The molecule has 2 bridgehead atoms. The largest absolute Gasteiger partial charge is 0.299 e. The summed E-state index contributed by atoms with van der Waals surface area (Å²) in [6, 6.07) is 0. The molecule has 0 saturated heterocycles. The molecule has 1 nitrogen and oxygen atoms in total. The molecule has 0 aromatic heterocycles. The van der Waals surface area contributed by atoms with Crippen molar-refractivity contribution in [1.29, 1.82) is 0 Å². The molecule has 1 saturated carbocycles. The summed E-state index contributed by atoms with van der Waals surface area (Å²) >= 11 is 0. The molecule has 1 atom stereocenters. The standard InChI is InChI=1S/C10H14O/c11-10-6-2-4-8-3-1-5-9(10)7-8/h3,9H,1-2,4-7H2. The van der Waals surface area contributed by atoms with Gasteiger partial charge >= 0.3 is 0 Å². The number of rotatable bonds is 0. The molecule has 0 radical (unpaired) electrons. The number of hydrogen-bond donors (Lipinski definition) is 0. The Morgan fingerprint density at radius 2 is 2.27 bits per heavy atom. The summed E-state index contributed by atoms with van der Waals surface area (Å²) in [6.07, 6.45) is 8.80. The number of allylic oxidation sites excluding steroid dienone is 2. The van der Waals surface area contributed by atoms with Crippen LogP contribution in [0, 0.1) is 5.92 Å². The second-order valence-electron chi connectivity index (χ2n) is 3.66. The highest BCUT2D eigenvalue weighted by Gasteiger charge is 2.24.